The number of aliphatic hydroxyl groups is 1. The summed E-state index contributed by atoms with van der Waals surface area (Å²) in [6.45, 7) is 9.60. The molecule has 0 unspecified atom stereocenters. The third-order valence-corrected chi connectivity index (χ3v) is 5.89. The van der Waals surface area contributed by atoms with Gasteiger partial charge in [-0.25, -0.2) is 0 Å². The number of hydrogen-bond donors (Lipinski definition) is 1. The minimum atomic E-state index is -0.293. The van der Waals surface area contributed by atoms with Crippen molar-refractivity contribution >= 4 is 17.2 Å². The van der Waals surface area contributed by atoms with Gasteiger partial charge in [0.15, 0.2) is 0 Å². The Kier molecular flexibility index (Phi) is 5.36. The molecule has 3 heterocycles. The second-order valence-electron chi connectivity index (χ2n) is 6.86. The highest BCUT2D eigenvalue weighted by Crippen LogP contribution is 2.24. The molecule has 1 aromatic rings. The minimum absolute atomic E-state index is 0.248. The summed E-state index contributed by atoms with van der Waals surface area (Å²) in [5.41, 5.74) is 1.32. The van der Waals surface area contributed by atoms with Crippen molar-refractivity contribution in [3.63, 3.8) is 0 Å². The van der Waals surface area contributed by atoms with Gasteiger partial charge in [0.1, 0.15) is 0 Å². The molecule has 6 heteroatoms. The number of hydrogen-bond acceptors (Lipinski definition) is 5. The summed E-state index contributed by atoms with van der Waals surface area (Å²) in [4.78, 5) is 20.6. The van der Waals surface area contributed by atoms with Gasteiger partial charge < -0.3 is 10.0 Å². The molecule has 2 aliphatic heterocycles. The molecule has 2 aliphatic rings. The molecule has 128 valence electrons. The van der Waals surface area contributed by atoms with E-state index in [1.807, 2.05) is 11.8 Å². The first-order valence-electron chi connectivity index (χ1n) is 8.50. The van der Waals surface area contributed by atoms with Crippen LogP contribution in [0.2, 0.25) is 0 Å². The zero-order chi connectivity index (χ0) is 16.4. The van der Waals surface area contributed by atoms with Crippen LogP contribution in [0.1, 0.15) is 24.3 Å². The number of piperazine rings is 1. The lowest BCUT2D eigenvalue weighted by Crippen LogP contribution is -2.55. The highest BCUT2D eigenvalue weighted by molar-refractivity contribution is 7.10. The molecule has 0 saturated carbocycles. The number of aliphatic hydroxyl groups excluding tert-OH is 1. The van der Waals surface area contributed by atoms with Crippen molar-refractivity contribution in [1.29, 1.82) is 0 Å². The van der Waals surface area contributed by atoms with Gasteiger partial charge in [0.05, 0.1) is 12.6 Å². The van der Waals surface area contributed by atoms with E-state index in [1.54, 1.807) is 11.3 Å². The molecule has 2 atom stereocenters. The summed E-state index contributed by atoms with van der Waals surface area (Å²) in [6.07, 6.45) is 0.705. The lowest BCUT2D eigenvalue weighted by atomic mass is 10.1. The Morgan fingerprint density at radius 3 is 3.00 bits per heavy atom. The summed E-state index contributed by atoms with van der Waals surface area (Å²) >= 11 is 1.81. The average Bonchev–Trinajstić information content (AvgIpc) is 2.97. The molecule has 0 spiro atoms. The maximum atomic E-state index is 12.6. The van der Waals surface area contributed by atoms with E-state index in [0.29, 0.717) is 12.6 Å². The third-order valence-electron chi connectivity index (χ3n) is 4.87. The van der Waals surface area contributed by atoms with Crippen molar-refractivity contribution in [3.8, 4) is 0 Å². The first-order valence-corrected chi connectivity index (χ1v) is 9.38. The number of amides is 1. The molecular formula is C17H27N3O2S. The van der Waals surface area contributed by atoms with E-state index in [-0.39, 0.29) is 12.0 Å². The Hall–Kier alpha value is -0.950. The normalized spacial score (nSPS) is 24.5. The van der Waals surface area contributed by atoms with E-state index in [2.05, 4.69) is 28.2 Å². The molecule has 1 amide bonds. The van der Waals surface area contributed by atoms with Gasteiger partial charge in [-0.3, -0.25) is 14.6 Å². The largest absolute Gasteiger partial charge is 0.392 e. The van der Waals surface area contributed by atoms with Crippen LogP contribution in [-0.2, 0) is 17.8 Å². The van der Waals surface area contributed by atoms with Crippen LogP contribution in [0.5, 0.6) is 0 Å². The van der Waals surface area contributed by atoms with Crippen LogP contribution in [0.15, 0.2) is 11.4 Å². The maximum absolute atomic E-state index is 12.6. The Labute approximate surface area is 142 Å². The summed E-state index contributed by atoms with van der Waals surface area (Å²) in [5, 5.41) is 11.7. The average molecular weight is 337 g/mol. The highest BCUT2D eigenvalue weighted by atomic mass is 32.1. The number of carbonyl (C=O) groups excluding carboxylic acids is 1. The molecule has 0 aliphatic carbocycles. The van der Waals surface area contributed by atoms with Crippen molar-refractivity contribution in [2.45, 2.75) is 39.0 Å². The lowest BCUT2D eigenvalue weighted by molar-refractivity contribution is -0.134. The van der Waals surface area contributed by atoms with Crippen LogP contribution in [0.4, 0.5) is 0 Å². The second kappa shape index (κ2) is 7.30. The van der Waals surface area contributed by atoms with E-state index < -0.39 is 0 Å². The monoisotopic (exact) mass is 337 g/mol. The maximum Gasteiger partial charge on any atom is 0.237 e. The number of carbonyl (C=O) groups is 1. The fraction of sp³-hybridized carbons (Fsp3) is 0.706. The van der Waals surface area contributed by atoms with Gasteiger partial charge in [-0.05, 0) is 37.3 Å². The number of nitrogens with zero attached hydrogens (tertiary/aromatic N) is 3. The van der Waals surface area contributed by atoms with E-state index in [0.717, 1.165) is 45.7 Å². The molecule has 0 radical (unpaired) electrons. The summed E-state index contributed by atoms with van der Waals surface area (Å²) in [5.74, 6) is 0.248. The summed E-state index contributed by atoms with van der Waals surface area (Å²) in [7, 11) is 0. The number of fused-ring (bicyclic) bond motifs is 1. The first-order chi connectivity index (χ1) is 11.0. The molecule has 1 fully saturated rings. The van der Waals surface area contributed by atoms with Crippen molar-refractivity contribution in [2.24, 2.45) is 0 Å². The molecule has 1 aromatic heterocycles. The number of thiophene rings is 1. The topological polar surface area (TPSA) is 47.0 Å². The van der Waals surface area contributed by atoms with E-state index in [9.17, 15) is 9.90 Å². The predicted molar refractivity (Wildman–Crippen MR) is 92.6 cm³/mol. The summed E-state index contributed by atoms with van der Waals surface area (Å²) in [6, 6.07) is 2.53. The van der Waals surface area contributed by atoms with E-state index >= 15 is 0 Å². The van der Waals surface area contributed by atoms with Crippen LogP contribution < -0.4 is 0 Å². The highest BCUT2D eigenvalue weighted by Gasteiger charge is 2.28. The molecule has 0 aromatic carbocycles. The van der Waals surface area contributed by atoms with Gasteiger partial charge in [-0.2, -0.15) is 0 Å². The van der Waals surface area contributed by atoms with Gasteiger partial charge in [0, 0.05) is 50.2 Å². The minimum Gasteiger partial charge on any atom is -0.392 e. The Bertz CT molecular complexity index is 546. The number of rotatable bonds is 4. The standard InChI is InChI=1S/C17H27N3O2S/c1-13-9-18(6-7-19(13)10-14(2)21)12-17(22)20-5-3-16-15(11-20)4-8-23-16/h4,8,13-14,21H,3,5-7,9-12H2,1-2H3/t13-,14-/m1/s1. The SMILES string of the molecule is C[C@@H]1CN(CC(=O)N2CCc3sccc3C2)CCN1C[C@@H](C)O. The van der Waals surface area contributed by atoms with Crippen molar-refractivity contribution in [1.82, 2.24) is 14.7 Å². The molecule has 3 rings (SSSR count). The van der Waals surface area contributed by atoms with Gasteiger partial charge in [-0.15, -0.1) is 11.3 Å². The van der Waals surface area contributed by atoms with E-state index in [1.165, 1.54) is 10.4 Å². The Morgan fingerprint density at radius 2 is 2.26 bits per heavy atom. The van der Waals surface area contributed by atoms with Gasteiger partial charge >= 0.3 is 0 Å². The third kappa shape index (κ3) is 4.12. The molecule has 1 N–H and O–H groups in total. The Morgan fingerprint density at radius 1 is 1.43 bits per heavy atom. The quantitative estimate of drug-likeness (QED) is 0.891. The first kappa shape index (κ1) is 16.9. The van der Waals surface area contributed by atoms with Gasteiger partial charge in [0.2, 0.25) is 5.91 Å². The lowest BCUT2D eigenvalue weighted by Gasteiger charge is -2.40. The molecule has 23 heavy (non-hydrogen) atoms. The van der Waals surface area contributed by atoms with Crippen LogP contribution in [0.25, 0.3) is 0 Å². The fourth-order valence-electron chi connectivity index (χ4n) is 3.58. The molecular weight excluding hydrogens is 310 g/mol. The molecule has 5 nitrogen and oxygen atoms in total. The van der Waals surface area contributed by atoms with Crippen molar-refractivity contribution in [3.05, 3.63) is 21.9 Å². The van der Waals surface area contributed by atoms with Crippen molar-refractivity contribution in [2.75, 3.05) is 39.3 Å². The smallest absolute Gasteiger partial charge is 0.237 e. The van der Waals surface area contributed by atoms with Crippen molar-refractivity contribution < 1.29 is 9.90 Å². The fourth-order valence-corrected chi connectivity index (χ4v) is 4.47. The predicted octanol–water partition coefficient (Wildman–Crippen LogP) is 1.02. The molecule has 1 saturated heterocycles. The summed E-state index contributed by atoms with van der Waals surface area (Å²) < 4.78 is 0. The van der Waals surface area contributed by atoms with Crippen LogP contribution >= 0.6 is 11.3 Å². The van der Waals surface area contributed by atoms with Gasteiger partial charge in [0.25, 0.3) is 0 Å². The van der Waals surface area contributed by atoms with Crippen LogP contribution in [-0.4, -0.2) is 77.1 Å². The van der Waals surface area contributed by atoms with Crippen LogP contribution in [0.3, 0.4) is 0 Å². The van der Waals surface area contributed by atoms with Gasteiger partial charge in [-0.1, -0.05) is 0 Å². The molecule has 0 bridgehead atoms. The zero-order valence-electron chi connectivity index (χ0n) is 14.1. The number of β-amino-alcohol motifs (C(OH)–C–C–N with tert-alkyl or cyclic N) is 1. The zero-order valence-corrected chi connectivity index (χ0v) is 14.9. The second-order valence-corrected chi connectivity index (χ2v) is 7.86. The van der Waals surface area contributed by atoms with Crippen LogP contribution in [0, 0.1) is 0 Å². The van der Waals surface area contributed by atoms with E-state index in [4.69, 9.17) is 0 Å². The Balaban J connectivity index is 1.50.